The standard InChI is InChI=1S/C17H19FN2O3/c18-13-4-5-14-12(8-13)9-15(19-14)17(23)20-7-1-2-11(10-20)3-6-16(21)22/h4-5,8-9,11,19H,1-3,6-7,10H2,(H,21,22). The number of fused-ring (bicyclic) bond motifs is 1. The van der Waals surface area contributed by atoms with Gasteiger partial charge in [0, 0.05) is 30.4 Å². The van der Waals surface area contributed by atoms with E-state index < -0.39 is 5.97 Å². The normalized spacial score (nSPS) is 18.3. The fraction of sp³-hybridized carbons (Fsp3) is 0.412. The van der Waals surface area contributed by atoms with Gasteiger partial charge in [0.25, 0.3) is 5.91 Å². The number of benzene rings is 1. The van der Waals surface area contributed by atoms with Crippen LogP contribution >= 0.6 is 0 Å². The maximum Gasteiger partial charge on any atom is 0.303 e. The van der Waals surface area contributed by atoms with Gasteiger partial charge in [0.2, 0.25) is 0 Å². The minimum Gasteiger partial charge on any atom is -0.481 e. The average Bonchev–Trinajstić information content (AvgIpc) is 2.95. The second-order valence-electron chi connectivity index (χ2n) is 6.11. The summed E-state index contributed by atoms with van der Waals surface area (Å²) in [7, 11) is 0. The molecule has 2 N–H and O–H groups in total. The van der Waals surface area contributed by atoms with Gasteiger partial charge < -0.3 is 15.0 Å². The number of hydrogen-bond acceptors (Lipinski definition) is 2. The Morgan fingerprint density at radius 2 is 2.17 bits per heavy atom. The Labute approximate surface area is 133 Å². The molecule has 0 aliphatic carbocycles. The highest BCUT2D eigenvalue weighted by Crippen LogP contribution is 2.24. The SMILES string of the molecule is O=C(O)CCC1CCCN(C(=O)c2cc3cc(F)ccc3[nH]2)C1. The minimum absolute atomic E-state index is 0.110. The number of carboxylic acids is 1. The third-order valence-electron chi connectivity index (χ3n) is 4.39. The van der Waals surface area contributed by atoms with Crippen molar-refractivity contribution in [2.45, 2.75) is 25.7 Å². The van der Waals surface area contributed by atoms with Gasteiger partial charge in [0.05, 0.1) is 0 Å². The number of aromatic amines is 1. The van der Waals surface area contributed by atoms with E-state index in [4.69, 9.17) is 5.11 Å². The number of carbonyl (C=O) groups excluding carboxylic acids is 1. The van der Waals surface area contributed by atoms with E-state index in [-0.39, 0.29) is 24.1 Å². The van der Waals surface area contributed by atoms with Crippen LogP contribution in [0.5, 0.6) is 0 Å². The van der Waals surface area contributed by atoms with E-state index in [0.29, 0.717) is 30.6 Å². The predicted octanol–water partition coefficient (Wildman–Crippen LogP) is 3.02. The summed E-state index contributed by atoms with van der Waals surface area (Å²) in [5.41, 5.74) is 1.18. The lowest BCUT2D eigenvalue weighted by atomic mass is 9.93. The molecule has 0 saturated carbocycles. The number of halogens is 1. The van der Waals surface area contributed by atoms with Crippen molar-refractivity contribution < 1.29 is 19.1 Å². The molecule has 23 heavy (non-hydrogen) atoms. The van der Waals surface area contributed by atoms with Gasteiger partial charge in [0.1, 0.15) is 11.5 Å². The lowest BCUT2D eigenvalue weighted by Crippen LogP contribution is -2.40. The van der Waals surface area contributed by atoms with E-state index in [9.17, 15) is 14.0 Å². The number of rotatable bonds is 4. The number of piperidine rings is 1. The fourth-order valence-electron chi connectivity index (χ4n) is 3.20. The van der Waals surface area contributed by atoms with E-state index in [0.717, 1.165) is 18.4 Å². The lowest BCUT2D eigenvalue weighted by molar-refractivity contribution is -0.137. The third-order valence-corrected chi connectivity index (χ3v) is 4.39. The van der Waals surface area contributed by atoms with Crippen LogP contribution in [0.25, 0.3) is 10.9 Å². The second-order valence-corrected chi connectivity index (χ2v) is 6.11. The summed E-state index contributed by atoms with van der Waals surface area (Å²) < 4.78 is 13.2. The average molecular weight is 318 g/mol. The van der Waals surface area contributed by atoms with Crippen molar-refractivity contribution in [1.29, 1.82) is 0 Å². The van der Waals surface area contributed by atoms with Gasteiger partial charge in [-0.2, -0.15) is 0 Å². The second kappa shape index (κ2) is 6.40. The van der Waals surface area contributed by atoms with E-state index in [1.54, 1.807) is 17.0 Å². The van der Waals surface area contributed by atoms with Crippen molar-refractivity contribution >= 4 is 22.8 Å². The van der Waals surface area contributed by atoms with Crippen LogP contribution in [0, 0.1) is 11.7 Å². The molecule has 1 amide bonds. The van der Waals surface area contributed by atoms with Gasteiger partial charge in [-0.15, -0.1) is 0 Å². The number of aromatic nitrogens is 1. The Morgan fingerprint density at radius 1 is 1.35 bits per heavy atom. The summed E-state index contributed by atoms with van der Waals surface area (Å²) in [6.07, 6.45) is 2.56. The number of carbonyl (C=O) groups is 2. The van der Waals surface area contributed by atoms with E-state index >= 15 is 0 Å². The number of aliphatic carboxylic acids is 1. The number of H-pyrrole nitrogens is 1. The van der Waals surface area contributed by atoms with Gasteiger partial charge in [-0.25, -0.2) is 4.39 Å². The van der Waals surface area contributed by atoms with Crippen molar-refractivity contribution in [3.05, 3.63) is 35.8 Å². The number of nitrogens with zero attached hydrogens (tertiary/aromatic N) is 1. The molecule has 1 aromatic heterocycles. The molecular formula is C17H19FN2O3. The van der Waals surface area contributed by atoms with Crippen LogP contribution in [0.2, 0.25) is 0 Å². The molecule has 122 valence electrons. The van der Waals surface area contributed by atoms with Crippen LogP contribution in [0.1, 0.15) is 36.2 Å². The number of carboxylic acid groups (broad SMARTS) is 1. The minimum atomic E-state index is -0.800. The summed E-state index contributed by atoms with van der Waals surface area (Å²) in [6, 6.07) is 6.04. The van der Waals surface area contributed by atoms with E-state index in [1.807, 2.05) is 0 Å². The fourth-order valence-corrected chi connectivity index (χ4v) is 3.20. The zero-order chi connectivity index (χ0) is 16.4. The van der Waals surface area contributed by atoms with Crippen LogP contribution in [0.4, 0.5) is 4.39 Å². The van der Waals surface area contributed by atoms with Crippen molar-refractivity contribution in [2.75, 3.05) is 13.1 Å². The van der Waals surface area contributed by atoms with Crippen molar-refractivity contribution in [2.24, 2.45) is 5.92 Å². The molecule has 1 atom stereocenters. The quantitative estimate of drug-likeness (QED) is 0.910. The summed E-state index contributed by atoms with van der Waals surface area (Å²) in [5, 5.41) is 9.46. The maximum atomic E-state index is 13.2. The molecule has 2 heterocycles. The Morgan fingerprint density at radius 3 is 2.96 bits per heavy atom. The molecule has 0 spiro atoms. The van der Waals surface area contributed by atoms with Gasteiger partial charge >= 0.3 is 5.97 Å². The molecule has 0 radical (unpaired) electrons. The molecule has 1 saturated heterocycles. The summed E-state index contributed by atoms with van der Waals surface area (Å²) in [6.45, 7) is 1.25. The highest BCUT2D eigenvalue weighted by atomic mass is 19.1. The molecule has 1 aliphatic heterocycles. The molecule has 1 aliphatic rings. The summed E-state index contributed by atoms with van der Waals surface area (Å²) in [5.74, 6) is -1.01. The molecule has 1 unspecified atom stereocenters. The van der Waals surface area contributed by atoms with Crippen LogP contribution < -0.4 is 0 Å². The maximum absolute atomic E-state index is 13.2. The third kappa shape index (κ3) is 3.52. The van der Waals surface area contributed by atoms with Gasteiger partial charge in [-0.3, -0.25) is 9.59 Å². The Hall–Kier alpha value is -2.37. The highest BCUT2D eigenvalue weighted by Gasteiger charge is 2.25. The molecule has 2 aromatic rings. The topological polar surface area (TPSA) is 73.4 Å². The lowest BCUT2D eigenvalue weighted by Gasteiger charge is -2.32. The van der Waals surface area contributed by atoms with Crippen LogP contribution in [-0.2, 0) is 4.79 Å². The molecule has 6 heteroatoms. The number of amides is 1. The molecule has 0 bridgehead atoms. The van der Waals surface area contributed by atoms with Crippen molar-refractivity contribution in [1.82, 2.24) is 9.88 Å². The highest BCUT2D eigenvalue weighted by molar-refractivity contribution is 5.98. The molecule has 5 nitrogen and oxygen atoms in total. The number of nitrogens with one attached hydrogen (secondary N) is 1. The van der Waals surface area contributed by atoms with Crippen molar-refractivity contribution in [3.8, 4) is 0 Å². The van der Waals surface area contributed by atoms with Crippen LogP contribution in [0.15, 0.2) is 24.3 Å². The smallest absolute Gasteiger partial charge is 0.303 e. The first kappa shape index (κ1) is 15.5. The molecule has 1 aromatic carbocycles. The zero-order valence-corrected chi connectivity index (χ0v) is 12.7. The van der Waals surface area contributed by atoms with E-state index in [1.165, 1.54) is 12.1 Å². The number of hydrogen-bond donors (Lipinski definition) is 2. The van der Waals surface area contributed by atoms with Crippen LogP contribution in [-0.4, -0.2) is 40.0 Å². The zero-order valence-electron chi connectivity index (χ0n) is 12.7. The summed E-state index contributed by atoms with van der Waals surface area (Å²) >= 11 is 0. The van der Waals surface area contributed by atoms with Gasteiger partial charge in [0.15, 0.2) is 0 Å². The molecule has 1 fully saturated rings. The first-order valence-corrected chi connectivity index (χ1v) is 7.82. The number of likely N-dealkylation sites (tertiary alicyclic amines) is 1. The monoisotopic (exact) mass is 318 g/mol. The largest absolute Gasteiger partial charge is 0.481 e. The van der Waals surface area contributed by atoms with E-state index in [2.05, 4.69) is 4.98 Å². The first-order chi connectivity index (χ1) is 11.0. The van der Waals surface area contributed by atoms with Crippen LogP contribution in [0.3, 0.4) is 0 Å². The Kier molecular flexibility index (Phi) is 4.32. The Balaban J connectivity index is 1.71. The molecular weight excluding hydrogens is 299 g/mol. The van der Waals surface area contributed by atoms with Gasteiger partial charge in [-0.05, 0) is 49.4 Å². The van der Waals surface area contributed by atoms with Gasteiger partial charge in [-0.1, -0.05) is 0 Å². The summed E-state index contributed by atoms with van der Waals surface area (Å²) in [4.78, 5) is 28.1. The first-order valence-electron chi connectivity index (χ1n) is 7.82. The predicted molar refractivity (Wildman–Crippen MR) is 83.8 cm³/mol. The molecule has 3 rings (SSSR count). The van der Waals surface area contributed by atoms with Crippen molar-refractivity contribution in [3.63, 3.8) is 0 Å². The Bertz CT molecular complexity index is 741.